The van der Waals surface area contributed by atoms with E-state index in [1.54, 1.807) is 12.1 Å². The number of anilines is 1. The number of aliphatic hydroxyl groups is 1. The molecule has 0 amide bonds. The maximum Gasteiger partial charge on any atom is 0.132 e. The third kappa shape index (κ3) is 3.08. The van der Waals surface area contributed by atoms with Gasteiger partial charge in [0.1, 0.15) is 17.7 Å². The van der Waals surface area contributed by atoms with Crippen molar-refractivity contribution in [2.24, 2.45) is 0 Å². The number of para-hydroxylation sites is 1. The van der Waals surface area contributed by atoms with Gasteiger partial charge >= 0.3 is 0 Å². The standard InChI is InChI=1S/C15H14ClF2NO/c1-9-4-2-5-10(16)15(9)19-8-13(20)14-11(17)6-3-7-12(14)18/h2-7,13,19-20H,8H2,1H3. The molecular formula is C15H14ClF2NO. The van der Waals surface area contributed by atoms with E-state index in [-0.39, 0.29) is 12.1 Å². The topological polar surface area (TPSA) is 32.3 Å². The van der Waals surface area contributed by atoms with Crippen molar-refractivity contribution in [3.05, 3.63) is 64.2 Å². The van der Waals surface area contributed by atoms with Gasteiger partial charge in [-0.05, 0) is 30.7 Å². The Kier molecular flexibility index (Phi) is 4.57. The fourth-order valence-electron chi connectivity index (χ4n) is 1.99. The molecule has 0 saturated carbocycles. The summed E-state index contributed by atoms with van der Waals surface area (Å²) in [6.07, 6.45) is -1.30. The van der Waals surface area contributed by atoms with Crippen LogP contribution in [-0.4, -0.2) is 11.7 Å². The Morgan fingerprint density at radius 1 is 1.15 bits per heavy atom. The first kappa shape index (κ1) is 14.8. The van der Waals surface area contributed by atoms with Crippen LogP contribution >= 0.6 is 11.6 Å². The van der Waals surface area contributed by atoms with Crippen LogP contribution in [0, 0.1) is 18.6 Å². The van der Waals surface area contributed by atoms with Gasteiger partial charge in [0.05, 0.1) is 16.3 Å². The Hall–Kier alpha value is -1.65. The van der Waals surface area contributed by atoms with Gasteiger partial charge in [0.15, 0.2) is 0 Å². The van der Waals surface area contributed by atoms with E-state index in [0.29, 0.717) is 10.7 Å². The molecule has 1 unspecified atom stereocenters. The van der Waals surface area contributed by atoms with Crippen molar-refractivity contribution in [2.75, 3.05) is 11.9 Å². The summed E-state index contributed by atoms with van der Waals surface area (Å²) in [5.74, 6) is -1.54. The predicted molar refractivity (Wildman–Crippen MR) is 76.0 cm³/mol. The SMILES string of the molecule is Cc1cccc(Cl)c1NCC(O)c1c(F)cccc1F. The number of aliphatic hydroxyl groups excluding tert-OH is 1. The molecule has 0 aliphatic rings. The van der Waals surface area contributed by atoms with Gasteiger partial charge < -0.3 is 10.4 Å². The predicted octanol–water partition coefficient (Wildman–Crippen LogP) is 4.07. The van der Waals surface area contributed by atoms with Crippen LogP contribution in [0.1, 0.15) is 17.2 Å². The number of aryl methyl sites for hydroxylation is 1. The minimum absolute atomic E-state index is 0.0393. The molecule has 2 rings (SSSR count). The summed E-state index contributed by atoms with van der Waals surface area (Å²) in [5.41, 5.74) is 1.19. The number of rotatable bonds is 4. The third-order valence-corrected chi connectivity index (χ3v) is 3.34. The second-order valence-electron chi connectivity index (χ2n) is 4.46. The van der Waals surface area contributed by atoms with Crippen LogP contribution < -0.4 is 5.32 Å². The lowest BCUT2D eigenvalue weighted by Gasteiger charge is -2.16. The molecule has 0 fully saturated rings. The Labute approximate surface area is 121 Å². The highest BCUT2D eigenvalue weighted by molar-refractivity contribution is 6.33. The van der Waals surface area contributed by atoms with Gasteiger partial charge in [-0.2, -0.15) is 0 Å². The number of nitrogens with one attached hydrogen (secondary N) is 1. The van der Waals surface area contributed by atoms with Crippen LogP contribution in [0.4, 0.5) is 14.5 Å². The van der Waals surface area contributed by atoms with E-state index in [1.165, 1.54) is 6.07 Å². The molecule has 0 heterocycles. The van der Waals surface area contributed by atoms with Gasteiger partial charge in [-0.25, -0.2) is 8.78 Å². The highest BCUT2D eigenvalue weighted by Gasteiger charge is 2.18. The van der Waals surface area contributed by atoms with Crippen molar-refractivity contribution in [3.8, 4) is 0 Å². The van der Waals surface area contributed by atoms with Gasteiger partial charge in [-0.15, -0.1) is 0 Å². The van der Waals surface area contributed by atoms with E-state index >= 15 is 0 Å². The largest absolute Gasteiger partial charge is 0.386 e. The first-order chi connectivity index (χ1) is 9.50. The van der Waals surface area contributed by atoms with Crippen molar-refractivity contribution in [1.29, 1.82) is 0 Å². The minimum Gasteiger partial charge on any atom is -0.386 e. The summed E-state index contributed by atoms with van der Waals surface area (Å²) in [7, 11) is 0. The molecule has 0 spiro atoms. The van der Waals surface area contributed by atoms with Crippen LogP contribution in [0.5, 0.6) is 0 Å². The van der Waals surface area contributed by atoms with E-state index in [2.05, 4.69) is 5.32 Å². The molecule has 0 bridgehead atoms. The molecule has 0 aliphatic heterocycles. The first-order valence-corrected chi connectivity index (χ1v) is 6.49. The van der Waals surface area contributed by atoms with Gasteiger partial charge in [0, 0.05) is 6.54 Å². The van der Waals surface area contributed by atoms with Crippen molar-refractivity contribution < 1.29 is 13.9 Å². The Bertz CT molecular complexity index is 578. The molecule has 106 valence electrons. The second kappa shape index (κ2) is 6.20. The zero-order valence-corrected chi connectivity index (χ0v) is 11.6. The molecule has 0 saturated heterocycles. The lowest BCUT2D eigenvalue weighted by molar-refractivity contribution is 0.181. The molecule has 2 aromatic rings. The number of benzene rings is 2. The normalized spacial score (nSPS) is 12.2. The summed E-state index contributed by atoms with van der Waals surface area (Å²) in [6.45, 7) is 1.81. The number of hydrogen-bond donors (Lipinski definition) is 2. The zero-order chi connectivity index (χ0) is 14.7. The number of halogens is 3. The van der Waals surface area contributed by atoms with Crippen molar-refractivity contribution in [1.82, 2.24) is 0 Å². The molecule has 2 N–H and O–H groups in total. The highest BCUT2D eigenvalue weighted by atomic mass is 35.5. The lowest BCUT2D eigenvalue weighted by Crippen LogP contribution is -2.15. The summed E-state index contributed by atoms with van der Waals surface area (Å²) in [5, 5.41) is 13.4. The van der Waals surface area contributed by atoms with Crippen LogP contribution in [0.15, 0.2) is 36.4 Å². The van der Waals surface area contributed by atoms with Crippen LogP contribution in [0.2, 0.25) is 5.02 Å². The molecular weight excluding hydrogens is 284 g/mol. The Morgan fingerprint density at radius 3 is 2.35 bits per heavy atom. The second-order valence-corrected chi connectivity index (χ2v) is 4.87. The quantitative estimate of drug-likeness (QED) is 0.891. The molecule has 2 nitrogen and oxygen atoms in total. The molecule has 1 atom stereocenters. The van der Waals surface area contributed by atoms with Crippen molar-refractivity contribution in [2.45, 2.75) is 13.0 Å². The van der Waals surface area contributed by atoms with Gasteiger partial charge in [-0.1, -0.05) is 29.8 Å². The van der Waals surface area contributed by atoms with Crippen LogP contribution in [0.25, 0.3) is 0 Å². The monoisotopic (exact) mass is 297 g/mol. The summed E-state index contributed by atoms with van der Waals surface area (Å²) in [4.78, 5) is 0. The van der Waals surface area contributed by atoms with E-state index in [4.69, 9.17) is 11.6 Å². The third-order valence-electron chi connectivity index (χ3n) is 3.03. The maximum absolute atomic E-state index is 13.5. The smallest absolute Gasteiger partial charge is 0.132 e. The van der Waals surface area contributed by atoms with Gasteiger partial charge in [0.25, 0.3) is 0 Å². The molecule has 0 aliphatic carbocycles. The van der Waals surface area contributed by atoms with E-state index in [1.807, 2.05) is 13.0 Å². The van der Waals surface area contributed by atoms with Crippen molar-refractivity contribution >= 4 is 17.3 Å². The van der Waals surface area contributed by atoms with E-state index < -0.39 is 17.7 Å². The summed E-state index contributed by atoms with van der Waals surface area (Å²) < 4.78 is 27.1. The van der Waals surface area contributed by atoms with Crippen molar-refractivity contribution in [3.63, 3.8) is 0 Å². The molecule has 2 aromatic carbocycles. The average Bonchev–Trinajstić information content (AvgIpc) is 2.38. The zero-order valence-electron chi connectivity index (χ0n) is 10.8. The highest BCUT2D eigenvalue weighted by Crippen LogP contribution is 2.27. The Balaban J connectivity index is 2.15. The number of hydrogen-bond acceptors (Lipinski definition) is 2. The first-order valence-electron chi connectivity index (χ1n) is 6.11. The Morgan fingerprint density at radius 2 is 1.75 bits per heavy atom. The fraction of sp³-hybridized carbons (Fsp3) is 0.200. The summed E-state index contributed by atoms with van der Waals surface area (Å²) >= 11 is 6.03. The molecule has 0 radical (unpaired) electrons. The lowest BCUT2D eigenvalue weighted by atomic mass is 10.1. The van der Waals surface area contributed by atoms with Crippen LogP contribution in [-0.2, 0) is 0 Å². The molecule has 0 aromatic heterocycles. The minimum atomic E-state index is -1.30. The molecule has 20 heavy (non-hydrogen) atoms. The van der Waals surface area contributed by atoms with Gasteiger partial charge in [0.2, 0.25) is 0 Å². The van der Waals surface area contributed by atoms with E-state index in [9.17, 15) is 13.9 Å². The molecule has 5 heteroatoms. The van der Waals surface area contributed by atoms with E-state index in [0.717, 1.165) is 17.7 Å². The van der Waals surface area contributed by atoms with Crippen LogP contribution in [0.3, 0.4) is 0 Å². The maximum atomic E-state index is 13.5. The average molecular weight is 298 g/mol. The van der Waals surface area contributed by atoms with Gasteiger partial charge in [-0.3, -0.25) is 0 Å². The summed E-state index contributed by atoms with van der Waals surface area (Å²) in [6, 6.07) is 8.84. The fourth-order valence-corrected chi connectivity index (χ4v) is 2.27.